The van der Waals surface area contributed by atoms with E-state index >= 15 is 0 Å². The lowest BCUT2D eigenvalue weighted by Gasteiger charge is -2.41. The molecule has 0 spiro atoms. The quantitative estimate of drug-likeness (QED) is 0.926. The van der Waals surface area contributed by atoms with Crippen LogP contribution >= 0.6 is 0 Å². The Morgan fingerprint density at radius 2 is 2.17 bits per heavy atom. The minimum Gasteiger partial charge on any atom is -0.481 e. The molecule has 2 atom stereocenters. The number of carbonyl (C=O) groups excluding carboxylic acids is 1. The van der Waals surface area contributed by atoms with Crippen LogP contribution in [0.5, 0.6) is 0 Å². The largest absolute Gasteiger partial charge is 0.481 e. The van der Waals surface area contributed by atoms with E-state index in [1.807, 2.05) is 19.1 Å². The summed E-state index contributed by atoms with van der Waals surface area (Å²) in [5, 5.41) is 8.94. The Bertz CT molecular complexity index is 615. The van der Waals surface area contributed by atoms with Crippen molar-refractivity contribution in [2.75, 3.05) is 19.7 Å². The fourth-order valence-electron chi connectivity index (χ4n) is 3.84. The summed E-state index contributed by atoms with van der Waals surface area (Å²) < 4.78 is 5.48. The van der Waals surface area contributed by atoms with Crippen molar-refractivity contribution in [1.29, 1.82) is 0 Å². The molecule has 3 rings (SSSR count). The molecular weight excluding hydrogens is 294 g/mol. The Balaban J connectivity index is 1.81. The molecule has 1 aromatic carbocycles. The van der Waals surface area contributed by atoms with E-state index in [0.717, 1.165) is 24.8 Å². The van der Waals surface area contributed by atoms with E-state index in [1.165, 1.54) is 5.56 Å². The minimum absolute atomic E-state index is 0.0585. The van der Waals surface area contributed by atoms with Gasteiger partial charge in [-0.15, -0.1) is 0 Å². The van der Waals surface area contributed by atoms with Crippen LogP contribution in [0.3, 0.4) is 0 Å². The smallest absolute Gasteiger partial charge is 0.306 e. The molecule has 1 saturated heterocycles. The molecule has 0 aromatic heterocycles. The molecule has 1 amide bonds. The standard InChI is InChI=1S/C18H23NO4/c1-18(8-4-6-13-5-2-3-7-15(13)18)17(22)19-9-10-23-14(12-19)11-16(20)21/h2-3,5,7,14H,4,6,8-12H2,1H3,(H,20,21). The Morgan fingerprint density at radius 3 is 2.96 bits per heavy atom. The van der Waals surface area contributed by atoms with Gasteiger partial charge in [-0.2, -0.15) is 0 Å². The number of aliphatic carboxylic acids is 1. The molecule has 5 heteroatoms. The van der Waals surface area contributed by atoms with Crippen LogP contribution in [0.2, 0.25) is 0 Å². The molecule has 1 aliphatic heterocycles. The van der Waals surface area contributed by atoms with Crippen molar-refractivity contribution in [1.82, 2.24) is 4.90 Å². The van der Waals surface area contributed by atoms with Crippen molar-refractivity contribution < 1.29 is 19.4 Å². The lowest BCUT2D eigenvalue weighted by Crippen LogP contribution is -2.53. The van der Waals surface area contributed by atoms with Crippen LogP contribution in [0, 0.1) is 0 Å². The highest BCUT2D eigenvalue weighted by atomic mass is 16.5. The maximum atomic E-state index is 13.2. The summed E-state index contributed by atoms with van der Waals surface area (Å²) >= 11 is 0. The summed E-state index contributed by atoms with van der Waals surface area (Å²) in [6.45, 7) is 3.33. The fourth-order valence-corrected chi connectivity index (χ4v) is 3.84. The molecule has 1 fully saturated rings. The van der Waals surface area contributed by atoms with Gasteiger partial charge in [0.25, 0.3) is 0 Å². The Labute approximate surface area is 136 Å². The minimum atomic E-state index is -0.890. The lowest BCUT2D eigenvalue weighted by atomic mass is 9.70. The maximum Gasteiger partial charge on any atom is 0.306 e. The number of carboxylic acids is 1. The van der Waals surface area contributed by atoms with Crippen molar-refractivity contribution in [3.05, 3.63) is 35.4 Å². The first-order chi connectivity index (χ1) is 11.0. The van der Waals surface area contributed by atoms with Crippen LogP contribution in [0.15, 0.2) is 24.3 Å². The molecule has 23 heavy (non-hydrogen) atoms. The number of ether oxygens (including phenoxy) is 1. The zero-order valence-electron chi connectivity index (χ0n) is 13.5. The second kappa shape index (κ2) is 6.32. The van der Waals surface area contributed by atoms with Gasteiger partial charge >= 0.3 is 5.97 Å². The molecular formula is C18H23NO4. The monoisotopic (exact) mass is 317 g/mol. The van der Waals surface area contributed by atoms with Crippen molar-refractivity contribution in [3.8, 4) is 0 Å². The van der Waals surface area contributed by atoms with E-state index in [-0.39, 0.29) is 12.3 Å². The van der Waals surface area contributed by atoms with Crippen molar-refractivity contribution in [2.24, 2.45) is 0 Å². The average molecular weight is 317 g/mol. The third-order valence-corrected chi connectivity index (χ3v) is 5.04. The van der Waals surface area contributed by atoms with Crippen LogP contribution in [0.1, 0.15) is 37.3 Å². The van der Waals surface area contributed by atoms with Crippen LogP contribution in [0.25, 0.3) is 0 Å². The summed E-state index contributed by atoms with van der Waals surface area (Å²) in [4.78, 5) is 25.9. The number of amides is 1. The van der Waals surface area contributed by atoms with Gasteiger partial charge in [-0.05, 0) is 37.3 Å². The lowest BCUT2D eigenvalue weighted by molar-refractivity contribution is -0.151. The van der Waals surface area contributed by atoms with Gasteiger partial charge in [0.05, 0.1) is 24.5 Å². The summed E-state index contributed by atoms with van der Waals surface area (Å²) in [6.07, 6.45) is 2.39. The number of morpholine rings is 1. The Kier molecular flexibility index (Phi) is 4.39. The molecule has 0 bridgehead atoms. The average Bonchev–Trinajstić information content (AvgIpc) is 2.54. The Hall–Kier alpha value is -1.88. The molecule has 1 aliphatic carbocycles. The van der Waals surface area contributed by atoms with E-state index in [9.17, 15) is 9.59 Å². The van der Waals surface area contributed by atoms with Crippen LogP contribution < -0.4 is 0 Å². The molecule has 1 N–H and O–H groups in total. The van der Waals surface area contributed by atoms with E-state index < -0.39 is 17.5 Å². The number of carbonyl (C=O) groups is 2. The highest BCUT2D eigenvalue weighted by molar-refractivity contribution is 5.88. The fraction of sp³-hybridized carbons (Fsp3) is 0.556. The third kappa shape index (κ3) is 3.11. The number of hydrogen-bond acceptors (Lipinski definition) is 3. The second-order valence-electron chi connectivity index (χ2n) is 6.68. The summed E-state index contributed by atoms with van der Waals surface area (Å²) in [6, 6.07) is 8.17. The molecule has 0 saturated carbocycles. The van der Waals surface area contributed by atoms with Gasteiger partial charge in [0.1, 0.15) is 0 Å². The molecule has 0 radical (unpaired) electrons. The number of fused-ring (bicyclic) bond motifs is 1. The zero-order chi connectivity index (χ0) is 16.4. The molecule has 124 valence electrons. The number of aryl methyl sites for hydroxylation is 1. The van der Waals surface area contributed by atoms with E-state index in [0.29, 0.717) is 19.7 Å². The summed E-state index contributed by atoms with van der Waals surface area (Å²) in [5.41, 5.74) is 1.86. The van der Waals surface area contributed by atoms with Gasteiger partial charge in [0, 0.05) is 13.1 Å². The van der Waals surface area contributed by atoms with E-state index in [1.54, 1.807) is 4.90 Å². The van der Waals surface area contributed by atoms with Gasteiger partial charge in [-0.3, -0.25) is 9.59 Å². The van der Waals surface area contributed by atoms with E-state index in [2.05, 4.69) is 12.1 Å². The van der Waals surface area contributed by atoms with Gasteiger partial charge in [-0.1, -0.05) is 24.3 Å². The van der Waals surface area contributed by atoms with Crippen molar-refractivity contribution >= 4 is 11.9 Å². The second-order valence-corrected chi connectivity index (χ2v) is 6.68. The first kappa shape index (κ1) is 16.0. The van der Waals surface area contributed by atoms with Gasteiger partial charge in [0.2, 0.25) is 5.91 Å². The number of benzene rings is 1. The third-order valence-electron chi connectivity index (χ3n) is 5.04. The van der Waals surface area contributed by atoms with Crippen LogP contribution in [-0.2, 0) is 26.2 Å². The molecule has 1 aromatic rings. The number of nitrogens with zero attached hydrogens (tertiary/aromatic N) is 1. The number of carboxylic acid groups (broad SMARTS) is 1. The summed E-state index contributed by atoms with van der Waals surface area (Å²) in [7, 11) is 0. The topological polar surface area (TPSA) is 66.8 Å². The van der Waals surface area contributed by atoms with Crippen molar-refractivity contribution in [3.63, 3.8) is 0 Å². The molecule has 1 heterocycles. The van der Waals surface area contributed by atoms with Crippen LogP contribution in [0.4, 0.5) is 0 Å². The molecule has 5 nitrogen and oxygen atoms in total. The number of hydrogen-bond donors (Lipinski definition) is 1. The first-order valence-electron chi connectivity index (χ1n) is 8.22. The van der Waals surface area contributed by atoms with Crippen LogP contribution in [-0.4, -0.2) is 47.7 Å². The molecule has 2 unspecified atom stereocenters. The first-order valence-corrected chi connectivity index (χ1v) is 8.22. The SMILES string of the molecule is CC1(C(=O)N2CCOC(CC(=O)O)C2)CCCc2ccccc21. The van der Waals surface area contributed by atoms with Gasteiger partial charge in [0.15, 0.2) is 0 Å². The Morgan fingerprint density at radius 1 is 1.39 bits per heavy atom. The maximum absolute atomic E-state index is 13.2. The normalized spacial score (nSPS) is 27.3. The predicted octanol–water partition coefficient (Wildman–Crippen LogP) is 1.98. The highest BCUT2D eigenvalue weighted by Gasteiger charge is 2.42. The zero-order valence-corrected chi connectivity index (χ0v) is 13.5. The number of rotatable bonds is 3. The van der Waals surface area contributed by atoms with E-state index in [4.69, 9.17) is 9.84 Å². The summed E-state index contributed by atoms with van der Waals surface area (Å²) in [5.74, 6) is -0.790. The van der Waals surface area contributed by atoms with Gasteiger partial charge in [-0.25, -0.2) is 0 Å². The van der Waals surface area contributed by atoms with Crippen molar-refractivity contribution in [2.45, 2.75) is 44.1 Å². The predicted molar refractivity (Wildman–Crippen MR) is 85.3 cm³/mol. The van der Waals surface area contributed by atoms with Gasteiger partial charge < -0.3 is 14.7 Å². The molecule has 2 aliphatic rings. The highest BCUT2D eigenvalue weighted by Crippen LogP contribution is 2.38.